The summed E-state index contributed by atoms with van der Waals surface area (Å²) in [5.74, 6) is -0.281. The molecular formula is C14H21N3O. The molecule has 0 bridgehead atoms. The van der Waals surface area contributed by atoms with Crippen molar-refractivity contribution in [2.45, 2.75) is 38.6 Å². The highest BCUT2D eigenvalue weighted by Gasteiger charge is 2.24. The summed E-state index contributed by atoms with van der Waals surface area (Å²) in [6.07, 6.45) is 4.73. The number of nitrogens with zero attached hydrogens (tertiary/aromatic N) is 1. The van der Waals surface area contributed by atoms with Crippen LogP contribution in [0.5, 0.6) is 0 Å². The van der Waals surface area contributed by atoms with E-state index >= 15 is 0 Å². The molecule has 4 nitrogen and oxygen atoms in total. The van der Waals surface area contributed by atoms with Crippen LogP contribution < -0.4 is 16.4 Å². The van der Waals surface area contributed by atoms with Crippen molar-refractivity contribution in [3.63, 3.8) is 0 Å². The van der Waals surface area contributed by atoms with Crippen LogP contribution in [0, 0.1) is 6.92 Å². The molecule has 1 aromatic carbocycles. The second-order valence-corrected chi connectivity index (χ2v) is 5.07. The van der Waals surface area contributed by atoms with Gasteiger partial charge in [0.05, 0.1) is 6.54 Å². The van der Waals surface area contributed by atoms with Crippen molar-refractivity contribution in [3.05, 3.63) is 23.8 Å². The van der Waals surface area contributed by atoms with Gasteiger partial charge in [-0.05, 0) is 43.5 Å². The first-order valence-corrected chi connectivity index (χ1v) is 6.49. The largest absolute Gasteiger partial charge is 0.399 e. The Labute approximate surface area is 108 Å². The van der Waals surface area contributed by atoms with E-state index in [1.165, 1.54) is 12.8 Å². The number of carbonyl (C=O) groups excluding carboxylic acids is 1. The van der Waals surface area contributed by atoms with Gasteiger partial charge in [-0.2, -0.15) is 0 Å². The number of rotatable bonds is 4. The number of nitrogens with two attached hydrogens (primary N) is 2. The van der Waals surface area contributed by atoms with E-state index < -0.39 is 0 Å². The molecule has 1 amide bonds. The van der Waals surface area contributed by atoms with Crippen molar-refractivity contribution < 1.29 is 4.79 Å². The Kier molecular flexibility index (Phi) is 3.75. The van der Waals surface area contributed by atoms with Gasteiger partial charge in [-0.1, -0.05) is 12.8 Å². The third-order valence-electron chi connectivity index (χ3n) is 3.68. The third kappa shape index (κ3) is 2.75. The SMILES string of the molecule is Cc1cc(N(CC(N)=O)C2CCCC2)ccc1N. The number of hydrogen-bond donors (Lipinski definition) is 2. The number of carbonyl (C=O) groups is 1. The fourth-order valence-electron chi connectivity index (χ4n) is 2.65. The molecule has 0 saturated heterocycles. The van der Waals surface area contributed by atoms with Crippen molar-refractivity contribution in [2.75, 3.05) is 17.2 Å². The van der Waals surface area contributed by atoms with Gasteiger partial charge in [0.2, 0.25) is 5.91 Å². The summed E-state index contributed by atoms with van der Waals surface area (Å²) in [7, 11) is 0. The molecule has 0 heterocycles. The number of nitrogen functional groups attached to an aromatic ring is 1. The molecule has 0 atom stereocenters. The summed E-state index contributed by atoms with van der Waals surface area (Å²) in [5, 5.41) is 0. The smallest absolute Gasteiger partial charge is 0.236 e. The Balaban J connectivity index is 2.26. The number of primary amides is 1. The van der Waals surface area contributed by atoms with Crippen LogP contribution in [0.4, 0.5) is 11.4 Å². The van der Waals surface area contributed by atoms with Gasteiger partial charge < -0.3 is 16.4 Å². The molecule has 0 spiro atoms. The Hall–Kier alpha value is -1.71. The summed E-state index contributed by atoms with van der Waals surface area (Å²) >= 11 is 0. The minimum absolute atomic E-state index is 0.281. The highest BCUT2D eigenvalue weighted by Crippen LogP contribution is 2.29. The summed E-state index contributed by atoms with van der Waals surface area (Å²) < 4.78 is 0. The fraction of sp³-hybridized carbons (Fsp3) is 0.500. The highest BCUT2D eigenvalue weighted by atomic mass is 16.1. The lowest BCUT2D eigenvalue weighted by molar-refractivity contribution is -0.116. The molecule has 0 radical (unpaired) electrons. The lowest BCUT2D eigenvalue weighted by atomic mass is 10.1. The maximum absolute atomic E-state index is 11.2. The molecule has 1 saturated carbocycles. The lowest BCUT2D eigenvalue weighted by Gasteiger charge is -2.30. The Morgan fingerprint density at radius 3 is 2.61 bits per heavy atom. The molecule has 18 heavy (non-hydrogen) atoms. The number of anilines is 2. The van der Waals surface area contributed by atoms with Crippen molar-refractivity contribution in [1.82, 2.24) is 0 Å². The highest BCUT2D eigenvalue weighted by molar-refractivity contribution is 5.80. The van der Waals surface area contributed by atoms with Crippen molar-refractivity contribution in [1.29, 1.82) is 0 Å². The fourth-order valence-corrected chi connectivity index (χ4v) is 2.65. The van der Waals surface area contributed by atoms with Gasteiger partial charge in [0.25, 0.3) is 0 Å². The van der Waals surface area contributed by atoms with Crippen molar-refractivity contribution >= 4 is 17.3 Å². The van der Waals surface area contributed by atoms with Gasteiger partial charge >= 0.3 is 0 Å². The minimum Gasteiger partial charge on any atom is -0.399 e. The number of benzene rings is 1. The average molecular weight is 247 g/mol. The van der Waals surface area contributed by atoms with E-state index in [4.69, 9.17) is 11.5 Å². The van der Waals surface area contributed by atoms with Gasteiger partial charge in [0.1, 0.15) is 0 Å². The van der Waals surface area contributed by atoms with Gasteiger partial charge in [-0.15, -0.1) is 0 Å². The number of hydrogen-bond acceptors (Lipinski definition) is 3. The molecule has 1 fully saturated rings. The summed E-state index contributed by atoms with van der Waals surface area (Å²) in [6, 6.07) is 6.34. The molecule has 0 aromatic heterocycles. The zero-order valence-electron chi connectivity index (χ0n) is 10.9. The molecular weight excluding hydrogens is 226 g/mol. The molecule has 0 unspecified atom stereocenters. The van der Waals surface area contributed by atoms with Gasteiger partial charge in [0, 0.05) is 17.4 Å². The normalized spacial score (nSPS) is 15.8. The summed E-state index contributed by atoms with van der Waals surface area (Å²) in [5.41, 5.74) is 14.1. The predicted molar refractivity (Wildman–Crippen MR) is 74.4 cm³/mol. The van der Waals surface area contributed by atoms with Crippen molar-refractivity contribution in [3.8, 4) is 0 Å². The van der Waals surface area contributed by atoms with E-state index in [1.807, 2.05) is 25.1 Å². The van der Waals surface area contributed by atoms with E-state index in [2.05, 4.69) is 4.90 Å². The molecule has 1 aromatic rings. The van der Waals surface area contributed by atoms with Crippen LogP contribution in [-0.4, -0.2) is 18.5 Å². The quantitative estimate of drug-likeness (QED) is 0.797. The van der Waals surface area contributed by atoms with Crippen LogP contribution in [-0.2, 0) is 4.79 Å². The molecule has 98 valence electrons. The number of amides is 1. The zero-order valence-corrected chi connectivity index (χ0v) is 10.9. The van der Waals surface area contributed by atoms with E-state index in [1.54, 1.807) is 0 Å². The molecule has 2 rings (SSSR count). The topological polar surface area (TPSA) is 72.3 Å². The molecule has 1 aliphatic rings. The van der Waals surface area contributed by atoms with Gasteiger partial charge in [-0.3, -0.25) is 4.79 Å². The van der Waals surface area contributed by atoms with Crippen LogP contribution in [0.15, 0.2) is 18.2 Å². The van der Waals surface area contributed by atoms with Crippen LogP contribution in [0.25, 0.3) is 0 Å². The second-order valence-electron chi connectivity index (χ2n) is 5.07. The minimum atomic E-state index is -0.281. The molecule has 1 aliphatic carbocycles. The summed E-state index contributed by atoms with van der Waals surface area (Å²) in [4.78, 5) is 13.4. The Morgan fingerprint density at radius 1 is 1.39 bits per heavy atom. The van der Waals surface area contributed by atoms with E-state index in [9.17, 15) is 4.79 Å². The van der Waals surface area contributed by atoms with E-state index in [-0.39, 0.29) is 12.5 Å². The first kappa shape index (κ1) is 12.7. The van der Waals surface area contributed by atoms with Crippen LogP contribution >= 0.6 is 0 Å². The van der Waals surface area contributed by atoms with Crippen LogP contribution in [0.3, 0.4) is 0 Å². The summed E-state index contributed by atoms with van der Waals surface area (Å²) in [6.45, 7) is 2.27. The zero-order chi connectivity index (χ0) is 13.1. The maximum atomic E-state index is 11.2. The molecule has 0 aliphatic heterocycles. The number of aryl methyl sites for hydroxylation is 1. The maximum Gasteiger partial charge on any atom is 0.236 e. The van der Waals surface area contributed by atoms with Gasteiger partial charge in [0.15, 0.2) is 0 Å². The average Bonchev–Trinajstić information content (AvgIpc) is 2.83. The van der Waals surface area contributed by atoms with Crippen molar-refractivity contribution in [2.24, 2.45) is 5.73 Å². The standard InChI is InChI=1S/C14H21N3O/c1-10-8-12(6-7-13(10)15)17(9-14(16)18)11-4-2-3-5-11/h6-8,11H,2-5,9,15H2,1H3,(H2,16,18). The monoisotopic (exact) mass is 247 g/mol. The van der Waals surface area contributed by atoms with E-state index in [0.717, 1.165) is 29.8 Å². The Bertz CT molecular complexity index is 439. The third-order valence-corrected chi connectivity index (χ3v) is 3.68. The predicted octanol–water partition coefficient (Wildman–Crippen LogP) is 1.81. The van der Waals surface area contributed by atoms with E-state index in [0.29, 0.717) is 6.04 Å². The molecule has 4 heteroatoms. The molecule has 4 N–H and O–H groups in total. The first-order chi connectivity index (χ1) is 8.58. The van der Waals surface area contributed by atoms with Crippen LogP contribution in [0.1, 0.15) is 31.2 Å². The Morgan fingerprint density at radius 2 is 2.06 bits per heavy atom. The second kappa shape index (κ2) is 5.29. The first-order valence-electron chi connectivity index (χ1n) is 6.49. The van der Waals surface area contributed by atoms with Gasteiger partial charge in [-0.25, -0.2) is 0 Å². The lowest BCUT2D eigenvalue weighted by Crippen LogP contribution is -2.40. The van der Waals surface area contributed by atoms with Crippen LogP contribution in [0.2, 0.25) is 0 Å².